The van der Waals surface area contributed by atoms with Crippen LogP contribution in [-0.4, -0.2) is 54.7 Å². The van der Waals surface area contributed by atoms with Crippen molar-refractivity contribution in [3.05, 3.63) is 70.9 Å². The highest BCUT2D eigenvalue weighted by Crippen LogP contribution is 2.24. The summed E-state index contributed by atoms with van der Waals surface area (Å²) >= 11 is 0. The molecule has 1 amide bonds. The van der Waals surface area contributed by atoms with Crippen LogP contribution in [0.15, 0.2) is 47.4 Å². The highest BCUT2D eigenvalue weighted by atomic mass is 32.2. The predicted octanol–water partition coefficient (Wildman–Crippen LogP) is 3.28. The molecule has 0 aliphatic carbocycles. The maximum atomic E-state index is 14.0. The van der Waals surface area contributed by atoms with Crippen LogP contribution in [0.25, 0.3) is 10.9 Å². The average Bonchev–Trinajstić information content (AvgIpc) is 2.73. The van der Waals surface area contributed by atoms with Crippen LogP contribution in [0.3, 0.4) is 0 Å². The fourth-order valence-electron chi connectivity index (χ4n) is 3.77. The number of carbonyl (C=O) groups is 1. The lowest BCUT2D eigenvalue weighted by atomic mass is 10.0. The van der Waals surface area contributed by atoms with E-state index in [1.54, 1.807) is 11.0 Å². The van der Waals surface area contributed by atoms with Crippen LogP contribution >= 0.6 is 0 Å². The van der Waals surface area contributed by atoms with Gasteiger partial charge in [-0.3, -0.25) is 9.78 Å². The van der Waals surface area contributed by atoms with Crippen LogP contribution in [0.1, 0.15) is 21.6 Å². The van der Waals surface area contributed by atoms with Gasteiger partial charge in [0.25, 0.3) is 5.91 Å². The predicted molar refractivity (Wildman–Crippen MR) is 112 cm³/mol. The first-order chi connectivity index (χ1) is 14.7. The van der Waals surface area contributed by atoms with Gasteiger partial charge in [-0.25, -0.2) is 17.2 Å². The second kappa shape index (κ2) is 7.97. The van der Waals surface area contributed by atoms with E-state index in [-0.39, 0.29) is 32.1 Å². The number of piperazine rings is 1. The second-order valence-corrected chi connectivity index (χ2v) is 9.51. The molecule has 6 nitrogen and oxygen atoms in total. The third-order valence-electron chi connectivity index (χ3n) is 5.36. The Bertz CT molecular complexity index is 1290. The molecular weight excluding hydrogens is 424 g/mol. The van der Waals surface area contributed by atoms with Crippen molar-refractivity contribution in [1.82, 2.24) is 14.2 Å². The summed E-state index contributed by atoms with van der Waals surface area (Å²) in [5.41, 5.74) is 2.96. The first-order valence-electron chi connectivity index (χ1n) is 9.79. The monoisotopic (exact) mass is 445 g/mol. The van der Waals surface area contributed by atoms with Gasteiger partial charge in [-0.05, 0) is 44.2 Å². The van der Waals surface area contributed by atoms with Gasteiger partial charge in [0.1, 0.15) is 16.5 Å². The zero-order valence-electron chi connectivity index (χ0n) is 17.1. The molecule has 0 radical (unpaired) electrons. The van der Waals surface area contributed by atoms with Crippen molar-refractivity contribution in [3.8, 4) is 0 Å². The molecule has 2 heterocycles. The zero-order valence-corrected chi connectivity index (χ0v) is 17.9. The van der Waals surface area contributed by atoms with E-state index >= 15 is 0 Å². The fraction of sp³-hybridized carbons (Fsp3) is 0.273. The number of aryl methyl sites for hydroxylation is 2. The number of rotatable bonds is 3. The summed E-state index contributed by atoms with van der Waals surface area (Å²) in [5.74, 6) is -2.18. The van der Waals surface area contributed by atoms with Gasteiger partial charge in [0, 0.05) is 43.3 Å². The van der Waals surface area contributed by atoms with Gasteiger partial charge in [-0.2, -0.15) is 4.31 Å². The molecule has 0 saturated carbocycles. The molecule has 0 unspecified atom stereocenters. The second-order valence-electron chi connectivity index (χ2n) is 7.60. The number of carbonyl (C=O) groups excluding carboxylic acids is 1. The number of sulfonamides is 1. The van der Waals surface area contributed by atoms with Gasteiger partial charge in [-0.15, -0.1) is 0 Å². The first kappa shape index (κ1) is 21.3. The molecule has 31 heavy (non-hydrogen) atoms. The number of hydrogen-bond acceptors (Lipinski definition) is 4. The molecule has 0 N–H and O–H groups in total. The van der Waals surface area contributed by atoms with Gasteiger partial charge in [0.2, 0.25) is 10.0 Å². The number of benzene rings is 2. The molecule has 1 aliphatic rings. The Kier molecular flexibility index (Phi) is 5.49. The van der Waals surface area contributed by atoms with Crippen molar-refractivity contribution in [2.75, 3.05) is 26.2 Å². The maximum Gasteiger partial charge on any atom is 0.254 e. The van der Waals surface area contributed by atoms with Gasteiger partial charge >= 0.3 is 0 Å². The Balaban J connectivity index is 1.56. The number of aromatic nitrogens is 1. The topological polar surface area (TPSA) is 70.6 Å². The van der Waals surface area contributed by atoms with Crippen LogP contribution in [0.5, 0.6) is 0 Å². The van der Waals surface area contributed by atoms with Crippen molar-refractivity contribution in [3.63, 3.8) is 0 Å². The van der Waals surface area contributed by atoms with E-state index < -0.39 is 26.6 Å². The largest absolute Gasteiger partial charge is 0.336 e. The molecule has 1 aromatic heterocycles. The number of nitrogens with zero attached hydrogens (tertiary/aromatic N) is 3. The standard InChI is InChI=1S/C22H21F2N3O3S/c1-14-3-5-20-17(11-14)18(12-15(2)25-20)22(28)26-7-9-27(10-8-26)31(29,30)21-6-4-16(23)13-19(21)24/h3-6,11-13H,7-10H2,1-2H3. The van der Waals surface area contributed by atoms with Gasteiger partial charge in [-0.1, -0.05) is 11.6 Å². The molecule has 0 atom stereocenters. The Labute approximate surface area is 179 Å². The highest BCUT2D eigenvalue weighted by molar-refractivity contribution is 7.89. The van der Waals surface area contributed by atoms with Crippen molar-refractivity contribution >= 4 is 26.8 Å². The van der Waals surface area contributed by atoms with E-state index in [0.717, 1.165) is 32.9 Å². The van der Waals surface area contributed by atoms with E-state index in [0.29, 0.717) is 17.3 Å². The Morgan fingerprint density at radius 3 is 2.35 bits per heavy atom. The molecule has 3 aromatic rings. The van der Waals surface area contributed by atoms with Crippen molar-refractivity contribution in [2.45, 2.75) is 18.7 Å². The Hall–Kier alpha value is -2.91. The minimum Gasteiger partial charge on any atom is -0.336 e. The zero-order chi connectivity index (χ0) is 22.3. The number of pyridine rings is 1. The third kappa shape index (κ3) is 4.03. The van der Waals surface area contributed by atoms with Crippen LogP contribution in [-0.2, 0) is 10.0 Å². The summed E-state index contributed by atoms with van der Waals surface area (Å²) in [5, 5.41) is 0.749. The van der Waals surface area contributed by atoms with E-state index in [9.17, 15) is 22.0 Å². The molecule has 1 saturated heterocycles. The quantitative estimate of drug-likeness (QED) is 0.621. The Morgan fingerprint density at radius 1 is 0.968 bits per heavy atom. The van der Waals surface area contributed by atoms with E-state index in [1.807, 2.05) is 32.0 Å². The minimum atomic E-state index is -4.13. The number of halogens is 2. The van der Waals surface area contributed by atoms with E-state index in [4.69, 9.17) is 0 Å². The minimum absolute atomic E-state index is 0.0198. The summed E-state index contributed by atoms with van der Waals surface area (Å²) < 4.78 is 53.8. The molecule has 4 rings (SSSR count). The molecule has 162 valence electrons. The normalized spacial score (nSPS) is 15.4. The lowest BCUT2D eigenvalue weighted by molar-refractivity contribution is 0.0699. The van der Waals surface area contributed by atoms with Crippen molar-refractivity contribution < 1.29 is 22.0 Å². The first-order valence-corrected chi connectivity index (χ1v) is 11.2. The summed E-state index contributed by atoms with van der Waals surface area (Å²) in [6, 6.07) is 9.83. The lowest BCUT2D eigenvalue weighted by Crippen LogP contribution is -2.50. The van der Waals surface area contributed by atoms with Gasteiger partial charge in [0.05, 0.1) is 11.1 Å². The maximum absolute atomic E-state index is 14.0. The SMILES string of the molecule is Cc1ccc2nc(C)cc(C(=O)N3CCN(S(=O)(=O)c4ccc(F)cc4F)CC3)c2c1. The van der Waals surface area contributed by atoms with Crippen molar-refractivity contribution in [1.29, 1.82) is 0 Å². The summed E-state index contributed by atoms with van der Waals surface area (Å²) in [7, 11) is -4.13. The Morgan fingerprint density at radius 2 is 1.68 bits per heavy atom. The van der Waals surface area contributed by atoms with Crippen molar-refractivity contribution in [2.24, 2.45) is 0 Å². The van der Waals surface area contributed by atoms with Crippen LogP contribution in [0, 0.1) is 25.5 Å². The number of fused-ring (bicyclic) bond motifs is 1. The van der Waals surface area contributed by atoms with E-state index in [1.165, 1.54) is 0 Å². The van der Waals surface area contributed by atoms with Gasteiger partial charge in [0.15, 0.2) is 0 Å². The molecular formula is C22H21F2N3O3S. The molecule has 1 aliphatic heterocycles. The summed E-state index contributed by atoms with van der Waals surface area (Å²) in [4.78, 5) is 18.7. The third-order valence-corrected chi connectivity index (χ3v) is 7.29. The van der Waals surface area contributed by atoms with Crippen LogP contribution in [0.4, 0.5) is 8.78 Å². The molecule has 0 bridgehead atoms. The number of amides is 1. The summed E-state index contributed by atoms with van der Waals surface area (Å²) in [6.07, 6.45) is 0. The molecule has 9 heteroatoms. The average molecular weight is 445 g/mol. The highest BCUT2D eigenvalue weighted by Gasteiger charge is 2.32. The lowest BCUT2D eigenvalue weighted by Gasteiger charge is -2.34. The van der Waals surface area contributed by atoms with Crippen LogP contribution < -0.4 is 0 Å². The summed E-state index contributed by atoms with van der Waals surface area (Å²) in [6.45, 7) is 4.12. The molecule has 1 fully saturated rings. The fourth-order valence-corrected chi connectivity index (χ4v) is 5.24. The van der Waals surface area contributed by atoms with E-state index in [2.05, 4.69) is 4.98 Å². The molecule has 0 spiro atoms. The smallest absolute Gasteiger partial charge is 0.254 e. The van der Waals surface area contributed by atoms with Crippen LogP contribution in [0.2, 0.25) is 0 Å². The van der Waals surface area contributed by atoms with Gasteiger partial charge < -0.3 is 4.90 Å². The number of hydrogen-bond donors (Lipinski definition) is 0. The molecule has 2 aromatic carbocycles.